The Balaban J connectivity index is 0.903. The highest BCUT2D eigenvalue weighted by Gasteiger charge is 2.49. The van der Waals surface area contributed by atoms with Gasteiger partial charge in [-0.2, -0.15) is 0 Å². The molecule has 0 aliphatic carbocycles. The third kappa shape index (κ3) is 11.9. The summed E-state index contributed by atoms with van der Waals surface area (Å²) < 4.78 is 151. The molecule has 7 nitrogen and oxygen atoms in total. The number of fused-ring (bicyclic) bond motifs is 18. The lowest BCUT2D eigenvalue weighted by Gasteiger charge is -2.46. The number of benzene rings is 19. The molecule has 0 bridgehead atoms. The number of hydrogen-bond acceptors (Lipinski definition) is 4. The second kappa shape index (κ2) is 29.7. The van der Waals surface area contributed by atoms with Crippen molar-refractivity contribution in [1.29, 1.82) is 0 Å². The maximum atomic E-state index is 10.9. The van der Waals surface area contributed by atoms with Crippen molar-refractivity contribution < 1.29 is 19.2 Å². The van der Waals surface area contributed by atoms with Crippen LogP contribution in [0.4, 0.5) is 68.2 Å². The zero-order valence-electron chi connectivity index (χ0n) is 86.2. The topological polar surface area (TPSA) is 27.2 Å². The van der Waals surface area contributed by atoms with E-state index >= 15 is 0 Å². The SMILES string of the molecule is [2H]c1c([2H])c([2H])c2c(c1[2H])c1c([2H])c(N(c3ccccc3)c3ccccc3)c([2H])c([2H])c1n2-c1ccc2c(c1)N(c1c(-c3ccccc3)cc(C(C)(C)C)cc1-c1ccccc1)c1c3c(c4c5ccccc5n5c6ccccc6c1c45)N(c1c(-c4ccccc4)cc(C(C)(C)C)cc1-c1ccccc1)c1cc(-n4c5c([2H])c([2H])c([2H])c([2H])c5c5c([2H])c(N(c6ccccc6)c6ccccc6)c([2H])c([2H])c54)ccc1B23. The molecule has 0 N–H and O–H groups in total. The van der Waals surface area contributed by atoms with Gasteiger partial charge in [0.1, 0.15) is 0 Å². The lowest BCUT2D eigenvalue weighted by Crippen LogP contribution is -2.61. The first-order chi connectivity index (χ1) is 69.7. The zero-order chi connectivity index (χ0) is 99.0. The Morgan fingerprint density at radius 2 is 0.577 bits per heavy atom. The van der Waals surface area contributed by atoms with Crippen LogP contribution in [0.5, 0.6) is 0 Å². The van der Waals surface area contributed by atoms with Crippen LogP contribution in [0.3, 0.4) is 0 Å². The molecule has 19 aromatic carbocycles. The van der Waals surface area contributed by atoms with Crippen LogP contribution in [-0.4, -0.2) is 20.2 Å². The van der Waals surface area contributed by atoms with Crippen LogP contribution in [0.15, 0.2) is 436 Å². The van der Waals surface area contributed by atoms with Gasteiger partial charge in [-0.1, -0.05) is 320 Å². The second-order valence-corrected chi connectivity index (χ2v) is 36.0. The van der Waals surface area contributed by atoms with Gasteiger partial charge in [0.15, 0.2) is 0 Å². The smallest absolute Gasteiger partial charge is 0.252 e. The fourth-order valence-corrected chi connectivity index (χ4v) is 20.6. The van der Waals surface area contributed by atoms with Gasteiger partial charge >= 0.3 is 0 Å². The summed E-state index contributed by atoms with van der Waals surface area (Å²) in [6.07, 6.45) is 0. The molecule has 0 unspecified atom stereocenters. The van der Waals surface area contributed by atoms with Crippen molar-refractivity contribution >= 4 is 173 Å². The average Bonchev–Trinajstić information content (AvgIpc) is 1.48. The molecule has 0 radical (unpaired) electrons. The lowest BCUT2D eigenvalue weighted by molar-refractivity contribution is 0.590. The summed E-state index contributed by atoms with van der Waals surface area (Å²) in [5.41, 5.74) is 20.8. The van der Waals surface area contributed by atoms with E-state index < -0.39 is 65.9 Å². The molecule has 2 aliphatic rings. The summed E-state index contributed by atoms with van der Waals surface area (Å²) in [5, 5.41) is 3.71. The quantitative estimate of drug-likeness (QED) is 0.101. The molecule has 4 aromatic heterocycles. The van der Waals surface area contributed by atoms with Gasteiger partial charge in [0.05, 0.1) is 80.6 Å². The van der Waals surface area contributed by atoms with Crippen molar-refractivity contribution in [3.63, 3.8) is 0 Å². The Morgan fingerprint density at radius 3 is 0.915 bits per heavy atom. The summed E-state index contributed by atoms with van der Waals surface area (Å²) >= 11 is 0. The van der Waals surface area contributed by atoms with Crippen molar-refractivity contribution in [2.24, 2.45) is 0 Å². The van der Waals surface area contributed by atoms with Crippen molar-refractivity contribution in [3.8, 4) is 55.9 Å². The van der Waals surface area contributed by atoms with Gasteiger partial charge < -0.3 is 33.1 Å². The molecular weight excluding hydrogens is 1570 g/mol. The average molecular weight is 1680 g/mol. The van der Waals surface area contributed by atoms with Crippen LogP contribution < -0.4 is 36.0 Å². The normalized spacial score (nSPS) is 14.2. The minimum Gasteiger partial charge on any atom is -0.310 e. The molecule has 0 amide bonds. The fourth-order valence-electron chi connectivity index (χ4n) is 20.6. The summed E-state index contributed by atoms with van der Waals surface area (Å²) in [5.74, 6) is 0. The maximum absolute atomic E-state index is 10.9. The lowest BCUT2D eigenvalue weighted by atomic mass is 9.33. The van der Waals surface area contributed by atoms with Crippen molar-refractivity contribution in [1.82, 2.24) is 13.5 Å². The van der Waals surface area contributed by atoms with E-state index in [-0.39, 0.29) is 91.2 Å². The van der Waals surface area contributed by atoms with Gasteiger partial charge in [0, 0.05) is 122 Å². The van der Waals surface area contributed by atoms with E-state index in [0.717, 1.165) is 133 Å². The molecule has 0 atom stereocenters. The van der Waals surface area contributed by atoms with Crippen LogP contribution >= 0.6 is 0 Å². The first-order valence-electron chi connectivity index (χ1n) is 51.3. The van der Waals surface area contributed by atoms with Crippen molar-refractivity contribution in [2.45, 2.75) is 52.4 Å². The fraction of sp³-hybridized carbons (Fsp3) is 0.0656. The van der Waals surface area contributed by atoms with Gasteiger partial charge in [-0.3, -0.25) is 0 Å². The molecule has 0 saturated carbocycles. The van der Waals surface area contributed by atoms with E-state index in [2.05, 4.69) is 250 Å². The van der Waals surface area contributed by atoms with Gasteiger partial charge in [0.2, 0.25) is 0 Å². The highest BCUT2D eigenvalue weighted by atomic mass is 15.2. The predicted molar refractivity (Wildman–Crippen MR) is 552 cm³/mol. The number of aromatic nitrogens is 3. The Bertz CT molecular complexity index is 8610. The number of rotatable bonds is 14. The number of para-hydroxylation sites is 8. The molecule has 0 spiro atoms. The van der Waals surface area contributed by atoms with E-state index in [9.17, 15) is 19.2 Å². The number of anilines is 12. The first kappa shape index (κ1) is 62.9. The summed E-state index contributed by atoms with van der Waals surface area (Å²) in [4.78, 5) is 8.48. The molecule has 0 saturated heterocycles. The van der Waals surface area contributed by atoms with Crippen molar-refractivity contribution in [2.75, 3.05) is 19.6 Å². The Labute approximate surface area is 776 Å². The van der Waals surface area contributed by atoms with E-state index in [1.807, 2.05) is 158 Å². The Kier molecular flexibility index (Phi) is 14.4. The van der Waals surface area contributed by atoms with Crippen LogP contribution in [0, 0.1) is 0 Å². The van der Waals surface area contributed by atoms with Gasteiger partial charge in [0.25, 0.3) is 6.71 Å². The molecule has 6 heterocycles. The monoisotopic (exact) mass is 1680 g/mol. The van der Waals surface area contributed by atoms with Gasteiger partial charge in [-0.15, -0.1) is 0 Å². The Morgan fingerprint density at radius 1 is 0.269 bits per heavy atom. The van der Waals surface area contributed by atoms with E-state index in [0.29, 0.717) is 45.5 Å². The molecule has 0 fully saturated rings. The summed E-state index contributed by atoms with van der Waals surface area (Å²) in [7, 11) is 0. The molecular formula is C122H90BN7. The van der Waals surface area contributed by atoms with E-state index in [4.69, 9.17) is 0 Å². The van der Waals surface area contributed by atoms with Crippen LogP contribution in [0.1, 0.15) is 71.9 Å². The largest absolute Gasteiger partial charge is 0.310 e. The van der Waals surface area contributed by atoms with Crippen LogP contribution in [0.2, 0.25) is 0 Å². The first-order valence-corrected chi connectivity index (χ1v) is 44.3. The Hall–Kier alpha value is -16.2. The summed E-state index contributed by atoms with van der Waals surface area (Å²) in [6, 6.07) is 113. The number of nitrogens with zero attached hydrogens (tertiary/aromatic N) is 7. The minimum atomic E-state index is -0.868. The summed E-state index contributed by atoms with van der Waals surface area (Å²) in [6.45, 7) is 12.6. The highest BCUT2D eigenvalue weighted by molar-refractivity contribution is 7.01. The third-order valence-corrected chi connectivity index (χ3v) is 26.4. The maximum Gasteiger partial charge on any atom is 0.252 e. The third-order valence-electron chi connectivity index (χ3n) is 26.4. The zero-order valence-corrected chi connectivity index (χ0v) is 72.2. The standard InChI is InChI=1S/C122H90BN7/c1-121(2,3)83-71-97(79-39-15-7-16-40-79)116(98(72-83)80-41-17-8-18-42-80)129-111-77-91(126-105-59-35-31-55-93(105)101-75-89(65-69-109(101)126)124(85-47-23-11-24-48-85)86-49-25-12-26-50-86)63-67-103(111)123-104-68-64-92(127-106-60-36-32-56-94(106)102-76-90(66-70-110(102)127)125(87-51-27-13-28-52-87)88-53-29-14-30-54-88)78-112(104)130(117-99(81-43-19-9-20-44-81)73-84(122(4,5)6)74-100(117)82-45-21-10-22-46-82)120-114-96-58-34-38-62-108(96)128-107-61-37-33-57-95(107)113(118(114)128)119(129)115(120)123/h7-78H,1-6H3/i31D,32D,35D,36D,55D,56D,59D,60D,65D,66D,69D,70D,75D,76D. The molecule has 23 aromatic rings. The van der Waals surface area contributed by atoms with Gasteiger partial charge in [-0.25, -0.2) is 0 Å². The van der Waals surface area contributed by atoms with Crippen LogP contribution in [-0.2, 0) is 10.8 Å². The van der Waals surface area contributed by atoms with E-state index in [1.54, 1.807) is 18.9 Å². The highest BCUT2D eigenvalue weighted by Crippen LogP contribution is 2.61. The second-order valence-electron chi connectivity index (χ2n) is 36.0. The molecule has 130 heavy (non-hydrogen) atoms. The molecule has 616 valence electrons. The molecule has 8 heteroatoms. The van der Waals surface area contributed by atoms with Crippen molar-refractivity contribution in [3.05, 3.63) is 448 Å². The molecule has 25 rings (SSSR count). The predicted octanol–water partition coefficient (Wildman–Crippen LogP) is 31.3. The molecule has 2 aliphatic heterocycles. The minimum absolute atomic E-state index is 0.00897. The van der Waals surface area contributed by atoms with Gasteiger partial charge in [-0.05, 0) is 218 Å². The van der Waals surface area contributed by atoms with E-state index in [1.165, 1.54) is 0 Å². The number of hydrogen-bond donors (Lipinski definition) is 0. The van der Waals surface area contributed by atoms with Crippen LogP contribution in [0.25, 0.3) is 138 Å².